The fraction of sp³-hybridized carbons (Fsp3) is 0.444. The highest BCUT2D eigenvalue weighted by atomic mass is 19.2. The Hall–Kier alpha value is -2.29. The van der Waals surface area contributed by atoms with Gasteiger partial charge in [-0.05, 0) is 68.7 Å². The molecule has 0 saturated heterocycles. The number of nitriles is 1. The summed E-state index contributed by atoms with van der Waals surface area (Å²) in [6.45, 7) is 0. The van der Waals surface area contributed by atoms with Crippen LogP contribution in [0.5, 0.6) is 0 Å². The van der Waals surface area contributed by atoms with Gasteiger partial charge in [0, 0.05) is 0 Å². The van der Waals surface area contributed by atoms with Gasteiger partial charge in [-0.1, -0.05) is 0 Å². The van der Waals surface area contributed by atoms with Gasteiger partial charge >= 0.3 is 5.97 Å². The summed E-state index contributed by atoms with van der Waals surface area (Å²) < 4.78 is 44.0. The zero-order chi connectivity index (χ0) is 17.5. The molecule has 1 aromatic rings. The van der Waals surface area contributed by atoms with Crippen molar-refractivity contribution in [3.05, 3.63) is 47.3 Å². The number of nitrogens with zero attached hydrogens (tertiary/aromatic N) is 1. The van der Waals surface area contributed by atoms with Gasteiger partial charge in [0.05, 0.1) is 5.56 Å². The molecule has 0 atom stereocenters. The molecule has 1 fully saturated rings. The molecule has 0 N–H and O–H groups in total. The van der Waals surface area contributed by atoms with Crippen LogP contribution in [0.1, 0.15) is 48.9 Å². The quantitative estimate of drug-likeness (QED) is 0.571. The monoisotopic (exact) mass is 337 g/mol. The predicted octanol–water partition coefficient (Wildman–Crippen LogP) is 4.84. The van der Waals surface area contributed by atoms with E-state index in [4.69, 9.17) is 10.00 Å². The summed E-state index contributed by atoms with van der Waals surface area (Å²) >= 11 is 0. The zero-order valence-corrected chi connectivity index (χ0v) is 13.1. The molecule has 0 unspecified atom stereocenters. The molecule has 24 heavy (non-hydrogen) atoms. The topological polar surface area (TPSA) is 50.1 Å². The Labute approximate surface area is 138 Å². The van der Waals surface area contributed by atoms with Crippen molar-refractivity contribution in [3.63, 3.8) is 0 Å². The van der Waals surface area contributed by atoms with Gasteiger partial charge in [-0.2, -0.15) is 9.65 Å². The maximum absolute atomic E-state index is 13.1. The first-order valence-corrected chi connectivity index (χ1v) is 7.91. The van der Waals surface area contributed by atoms with Crippen molar-refractivity contribution in [3.8, 4) is 6.07 Å². The normalized spacial score (nSPS) is 21.2. The number of carbonyl (C=O) groups is 1. The third-order valence-electron chi connectivity index (χ3n) is 4.23. The van der Waals surface area contributed by atoms with Crippen LogP contribution in [0.3, 0.4) is 0 Å². The van der Waals surface area contributed by atoms with E-state index in [1.165, 1.54) is 18.2 Å². The number of allylic oxidation sites excluding steroid dienone is 2. The minimum Gasteiger partial charge on any atom is -0.459 e. The first-order chi connectivity index (χ1) is 11.5. The molecule has 1 saturated carbocycles. The van der Waals surface area contributed by atoms with Crippen LogP contribution in [0.25, 0.3) is 0 Å². The lowest BCUT2D eigenvalue weighted by atomic mass is 9.84. The highest BCUT2D eigenvalue weighted by Gasteiger charge is 2.24. The molecule has 1 aromatic carbocycles. The summed E-state index contributed by atoms with van der Waals surface area (Å²) in [5.41, 5.74) is -0.00635. The summed E-state index contributed by atoms with van der Waals surface area (Å²) in [7, 11) is 0. The highest BCUT2D eigenvalue weighted by Crippen LogP contribution is 2.30. The van der Waals surface area contributed by atoms with E-state index in [0.29, 0.717) is 25.2 Å². The molecular weight excluding hydrogens is 319 g/mol. The van der Waals surface area contributed by atoms with Gasteiger partial charge < -0.3 is 4.74 Å². The molecule has 0 heterocycles. The molecule has 3 nitrogen and oxygen atoms in total. The van der Waals surface area contributed by atoms with E-state index in [-0.39, 0.29) is 11.7 Å². The van der Waals surface area contributed by atoms with E-state index in [1.54, 1.807) is 0 Å². The largest absolute Gasteiger partial charge is 0.459 e. The molecule has 2 rings (SSSR count). The average Bonchev–Trinajstić information content (AvgIpc) is 2.58. The minimum absolute atomic E-state index is 0.00635. The van der Waals surface area contributed by atoms with Gasteiger partial charge in [-0.25, -0.2) is 13.6 Å². The maximum atomic E-state index is 13.1. The number of benzene rings is 1. The highest BCUT2D eigenvalue weighted by molar-refractivity contribution is 5.89. The smallest absolute Gasteiger partial charge is 0.338 e. The second-order valence-corrected chi connectivity index (χ2v) is 5.92. The third kappa shape index (κ3) is 5.12. The molecule has 0 radical (unpaired) electrons. The number of hydrogen-bond acceptors (Lipinski definition) is 3. The second-order valence-electron chi connectivity index (χ2n) is 5.92. The fourth-order valence-corrected chi connectivity index (χ4v) is 2.87. The molecule has 0 spiro atoms. The third-order valence-corrected chi connectivity index (χ3v) is 4.23. The molecule has 0 bridgehead atoms. The zero-order valence-electron chi connectivity index (χ0n) is 13.1. The Morgan fingerprint density at radius 3 is 2.58 bits per heavy atom. The van der Waals surface area contributed by atoms with E-state index in [2.05, 4.69) is 0 Å². The molecular formula is C18H18F3NO2. The lowest BCUT2D eigenvalue weighted by Gasteiger charge is -2.28. The molecule has 0 amide bonds. The van der Waals surface area contributed by atoms with Crippen molar-refractivity contribution in [1.29, 1.82) is 5.26 Å². The van der Waals surface area contributed by atoms with Crippen molar-refractivity contribution in [2.75, 3.05) is 0 Å². The van der Waals surface area contributed by atoms with E-state index >= 15 is 0 Å². The van der Waals surface area contributed by atoms with Gasteiger partial charge in [0.15, 0.2) is 17.5 Å². The number of halogens is 3. The van der Waals surface area contributed by atoms with E-state index in [9.17, 15) is 18.0 Å². The fourth-order valence-electron chi connectivity index (χ4n) is 2.87. The summed E-state index contributed by atoms with van der Waals surface area (Å²) in [6, 6.07) is 4.37. The SMILES string of the molecule is N#CC(F)=CCCC1CCC(OC(=O)c2ccc(F)c(F)c2)CC1. The molecule has 1 aliphatic carbocycles. The Kier molecular flexibility index (Phi) is 6.42. The summed E-state index contributed by atoms with van der Waals surface area (Å²) in [5.74, 6) is -3.09. The summed E-state index contributed by atoms with van der Waals surface area (Å²) in [5, 5.41) is 8.33. The summed E-state index contributed by atoms with van der Waals surface area (Å²) in [4.78, 5) is 11.9. The maximum Gasteiger partial charge on any atom is 0.338 e. The van der Waals surface area contributed by atoms with Crippen LogP contribution >= 0.6 is 0 Å². The van der Waals surface area contributed by atoms with Crippen molar-refractivity contribution in [2.45, 2.75) is 44.6 Å². The molecule has 0 aliphatic heterocycles. The summed E-state index contributed by atoms with van der Waals surface area (Å²) in [6.07, 6.45) is 5.41. The molecule has 128 valence electrons. The Bertz CT molecular complexity index is 659. The van der Waals surface area contributed by atoms with Gasteiger partial charge in [-0.3, -0.25) is 0 Å². The predicted molar refractivity (Wildman–Crippen MR) is 81.6 cm³/mol. The Morgan fingerprint density at radius 1 is 1.25 bits per heavy atom. The average molecular weight is 337 g/mol. The molecule has 1 aliphatic rings. The lowest BCUT2D eigenvalue weighted by Crippen LogP contribution is -2.24. The minimum atomic E-state index is -1.08. The molecule has 6 heteroatoms. The first-order valence-electron chi connectivity index (χ1n) is 7.91. The van der Waals surface area contributed by atoms with Crippen LogP contribution in [0, 0.1) is 28.9 Å². The van der Waals surface area contributed by atoms with Crippen molar-refractivity contribution in [2.24, 2.45) is 5.92 Å². The number of esters is 1. The van der Waals surface area contributed by atoms with Crippen LogP contribution in [-0.2, 0) is 4.74 Å². The van der Waals surface area contributed by atoms with Gasteiger partial charge in [0.1, 0.15) is 12.2 Å². The van der Waals surface area contributed by atoms with Crippen LogP contribution < -0.4 is 0 Å². The van der Waals surface area contributed by atoms with E-state index in [0.717, 1.165) is 31.4 Å². The first kappa shape index (κ1) is 18.1. The van der Waals surface area contributed by atoms with E-state index < -0.39 is 23.4 Å². The van der Waals surface area contributed by atoms with Crippen LogP contribution in [0.2, 0.25) is 0 Å². The standard InChI is InChI=1S/C18H18F3NO2/c19-14(11-22)3-1-2-12-4-7-15(8-5-12)24-18(23)13-6-9-16(20)17(21)10-13/h3,6,9-10,12,15H,1-2,4-5,7-8H2. The van der Waals surface area contributed by atoms with E-state index in [1.807, 2.05) is 0 Å². The number of carbonyl (C=O) groups excluding carboxylic acids is 1. The van der Waals surface area contributed by atoms with Crippen LogP contribution in [0.4, 0.5) is 13.2 Å². The van der Waals surface area contributed by atoms with Crippen LogP contribution in [0.15, 0.2) is 30.1 Å². The van der Waals surface area contributed by atoms with Gasteiger partial charge in [0.2, 0.25) is 0 Å². The second kappa shape index (κ2) is 8.53. The molecule has 0 aromatic heterocycles. The van der Waals surface area contributed by atoms with Crippen molar-refractivity contribution >= 4 is 5.97 Å². The Balaban J connectivity index is 1.77. The van der Waals surface area contributed by atoms with Gasteiger partial charge in [0.25, 0.3) is 0 Å². The number of ether oxygens (including phenoxy) is 1. The lowest BCUT2D eigenvalue weighted by molar-refractivity contribution is 0.0162. The number of hydrogen-bond donors (Lipinski definition) is 0. The van der Waals surface area contributed by atoms with Gasteiger partial charge in [-0.15, -0.1) is 0 Å². The Morgan fingerprint density at radius 2 is 1.96 bits per heavy atom. The van der Waals surface area contributed by atoms with Crippen molar-refractivity contribution < 1.29 is 22.7 Å². The number of rotatable bonds is 5. The van der Waals surface area contributed by atoms with Crippen LogP contribution in [-0.4, -0.2) is 12.1 Å². The van der Waals surface area contributed by atoms with Crippen molar-refractivity contribution in [1.82, 2.24) is 0 Å².